The lowest BCUT2D eigenvalue weighted by Crippen LogP contribution is -2.43. The van der Waals surface area contributed by atoms with Gasteiger partial charge in [0.2, 0.25) is 0 Å². The van der Waals surface area contributed by atoms with E-state index in [-0.39, 0.29) is 11.6 Å². The van der Waals surface area contributed by atoms with Crippen molar-refractivity contribution in [2.45, 2.75) is 6.17 Å². The van der Waals surface area contributed by atoms with Crippen LogP contribution in [0.25, 0.3) is 0 Å². The van der Waals surface area contributed by atoms with Gasteiger partial charge in [-0.1, -0.05) is 24.3 Å². The fourth-order valence-corrected chi connectivity index (χ4v) is 3.52. The minimum absolute atomic E-state index is 0.0110. The van der Waals surface area contributed by atoms with Gasteiger partial charge in [-0.2, -0.15) is 0 Å². The molecule has 134 valence electrons. The van der Waals surface area contributed by atoms with E-state index in [9.17, 15) is 14.9 Å². The standard InChI is InChI=1S/C20H14IN3O3/c21-14-8-10-15(11-9-14)23-19(13-4-3-5-16(12-13)24(26)27)22-18-7-2-1-6-17(18)20(23)25/h1-12,19,22H. The third kappa shape index (κ3) is 3.25. The molecule has 0 saturated heterocycles. The number of amides is 1. The molecular formula is C20H14IN3O3. The van der Waals surface area contributed by atoms with Gasteiger partial charge in [-0.05, 0) is 59.0 Å². The van der Waals surface area contributed by atoms with Crippen molar-refractivity contribution in [3.8, 4) is 0 Å². The first-order valence-electron chi connectivity index (χ1n) is 8.23. The molecule has 0 aromatic heterocycles. The fourth-order valence-electron chi connectivity index (χ4n) is 3.16. The van der Waals surface area contributed by atoms with Crippen LogP contribution in [0.2, 0.25) is 0 Å². The van der Waals surface area contributed by atoms with Gasteiger partial charge in [0.15, 0.2) is 0 Å². The average Bonchev–Trinajstić information content (AvgIpc) is 2.69. The van der Waals surface area contributed by atoms with Crippen molar-refractivity contribution >= 4 is 45.6 Å². The van der Waals surface area contributed by atoms with Crippen molar-refractivity contribution in [3.05, 3.63) is 97.6 Å². The lowest BCUT2D eigenvalue weighted by molar-refractivity contribution is -0.384. The van der Waals surface area contributed by atoms with Crippen LogP contribution in [0, 0.1) is 13.7 Å². The summed E-state index contributed by atoms with van der Waals surface area (Å²) < 4.78 is 1.06. The largest absolute Gasteiger partial charge is 0.360 e. The molecular weight excluding hydrogens is 457 g/mol. The molecule has 1 atom stereocenters. The molecule has 1 aliphatic heterocycles. The zero-order valence-electron chi connectivity index (χ0n) is 14.0. The van der Waals surface area contributed by atoms with Crippen molar-refractivity contribution in [1.29, 1.82) is 0 Å². The van der Waals surface area contributed by atoms with Gasteiger partial charge in [0.05, 0.1) is 10.5 Å². The van der Waals surface area contributed by atoms with Crippen LogP contribution in [-0.2, 0) is 0 Å². The molecule has 1 N–H and O–H groups in total. The monoisotopic (exact) mass is 471 g/mol. The molecule has 0 spiro atoms. The van der Waals surface area contributed by atoms with Gasteiger partial charge in [0.1, 0.15) is 6.17 Å². The Balaban J connectivity index is 1.86. The summed E-state index contributed by atoms with van der Waals surface area (Å²) >= 11 is 2.21. The Morgan fingerprint density at radius 3 is 2.48 bits per heavy atom. The van der Waals surface area contributed by atoms with Crippen LogP contribution < -0.4 is 10.2 Å². The number of non-ortho nitro benzene ring substituents is 1. The highest BCUT2D eigenvalue weighted by Crippen LogP contribution is 2.37. The number of halogens is 1. The van der Waals surface area contributed by atoms with E-state index in [1.807, 2.05) is 42.5 Å². The summed E-state index contributed by atoms with van der Waals surface area (Å²) in [6.07, 6.45) is -0.549. The quantitative estimate of drug-likeness (QED) is 0.333. The van der Waals surface area contributed by atoms with E-state index in [4.69, 9.17) is 0 Å². The van der Waals surface area contributed by atoms with Gasteiger partial charge < -0.3 is 5.32 Å². The van der Waals surface area contributed by atoms with Crippen LogP contribution in [-0.4, -0.2) is 10.8 Å². The molecule has 7 heteroatoms. The summed E-state index contributed by atoms with van der Waals surface area (Å²) in [6.45, 7) is 0. The van der Waals surface area contributed by atoms with Gasteiger partial charge in [-0.25, -0.2) is 0 Å². The molecule has 6 nitrogen and oxygen atoms in total. The number of rotatable bonds is 3. The first-order valence-corrected chi connectivity index (χ1v) is 9.31. The molecule has 4 rings (SSSR count). The Morgan fingerprint density at radius 1 is 1.00 bits per heavy atom. The van der Waals surface area contributed by atoms with E-state index in [1.54, 1.807) is 23.1 Å². The number of nitro groups is 1. The second-order valence-corrected chi connectivity index (χ2v) is 7.34. The molecule has 0 saturated carbocycles. The summed E-state index contributed by atoms with van der Waals surface area (Å²) in [6, 6.07) is 21.2. The molecule has 0 radical (unpaired) electrons. The molecule has 1 aliphatic rings. The summed E-state index contributed by atoms with van der Waals surface area (Å²) in [5.74, 6) is -0.151. The fraction of sp³-hybridized carbons (Fsp3) is 0.0500. The molecule has 0 bridgehead atoms. The molecule has 0 fully saturated rings. The maximum atomic E-state index is 13.3. The number of hydrogen-bond donors (Lipinski definition) is 1. The van der Waals surface area contributed by atoms with Gasteiger partial charge in [-0.15, -0.1) is 0 Å². The van der Waals surface area contributed by atoms with Crippen molar-refractivity contribution < 1.29 is 9.72 Å². The number of nitro benzene ring substituents is 1. The molecule has 0 aliphatic carbocycles. The zero-order valence-corrected chi connectivity index (χ0v) is 16.2. The van der Waals surface area contributed by atoms with Crippen LogP contribution in [0.4, 0.5) is 17.1 Å². The highest BCUT2D eigenvalue weighted by Gasteiger charge is 2.34. The van der Waals surface area contributed by atoms with E-state index < -0.39 is 11.1 Å². The van der Waals surface area contributed by atoms with Crippen LogP contribution in [0.1, 0.15) is 22.1 Å². The number of nitrogens with one attached hydrogen (secondary N) is 1. The predicted octanol–water partition coefficient (Wildman–Crippen LogP) is 4.97. The minimum atomic E-state index is -0.549. The van der Waals surface area contributed by atoms with Gasteiger partial charge in [0, 0.05) is 32.6 Å². The Kier molecular flexibility index (Phi) is 4.53. The highest BCUT2D eigenvalue weighted by atomic mass is 127. The van der Waals surface area contributed by atoms with Crippen molar-refractivity contribution in [2.75, 3.05) is 10.2 Å². The smallest absolute Gasteiger partial charge is 0.269 e. The normalized spacial score (nSPS) is 15.8. The lowest BCUT2D eigenvalue weighted by Gasteiger charge is -2.38. The number of carbonyl (C=O) groups excluding carboxylic acids is 1. The highest BCUT2D eigenvalue weighted by molar-refractivity contribution is 14.1. The Morgan fingerprint density at radius 2 is 1.74 bits per heavy atom. The van der Waals surface area contributed by atoms with E-state index in [1.165, 1.54) is 12.1 Å². The topological polar surface area (TPSA) is 75.5 Å². The lowest BCUT2D eigenvalue weighted by atomic mass is 10.0. The summed E-state index contributed by atoms with van der Waals surface area (Å²) in [5, 5.41) is 14.5. The number of carbonyl (C=O) groups is 1. The van der Waals surface area contributed by atoms with Crippen LogP contribution in [0.15, 0.2) is 72.8 Å². The number of fused-ring (bicyclic) bond motifs is 1. The number of benzene rings is 3. The van der Waals surface area contributed by atoms with Crippen LogP contribution in [0.3, 0.4) is 0 Å². The van der Waals surface area contributed by atoms with Crippen LogP contribution in [0.5, 0.6) is 0 Å². The SMILES string of the molecule is O=C1c2ccccc2NC(c2cccc([N+](=O)[O-])c2)N1c1ccc(I)cc1. The van der Waals surface area contributed by atoms with Crippen molar-refractivity contribution in [1.82, 2.24) is 0 Å². The molecule has 3 aromatic rings. The third-order valence-electron chi connectivity index (χ3n) is 4.43. The third-order valence-corrected chi connectivity index (χ3v) is 5.15. The van der Waals surface area contributed by atoms with E-state index in [0.29, 0.717) is 16.8 Å². The molecule has 1 unspecified atom stereocenters. The molecule has 1 amide bonds. The first-order chi connectivity index (χ1) is 13.0. The number of para-hydroxylation sites is 1. The number of hydrogen-bond acceptors (Lipinski definition) is 4. The maximum absolute atomic E-state index is 13.3. The molecule has 3 aromatic carbocycles. The van der Waals surface area contributed by atoms with Crippen molar-refractivity contribution in [2.24, 2.45) is 0 Å². The maximum Gasteiger partial charge on any atom is 0.269 e. The van der Waals surface area contributed by atoms with E-state index in [0.717, 1.165) is 9.26 Å². The molecule has 1 heterocycles. The van der Waals surface area contributed by atoms with Crippen molar-refractivity contribution in [3.63, 3.8) is 0 Å². The summed E-state index contributed by atoms with van der Waals surface area (Å²) in [4.78, 5) is 25.6. The van der Waals surface area contributed by atoms with Gasteiger partial charge >= 0.3 is 0 Å². The van der Waals surface area contributed by atoms with E-state index >= 15 is 0 Å². The Hall–Kier alpha value is -2.94. The van der Waals surface area contributed by atoms with Gasteiger partial charge in [0.25, 0.3) is 11.6 Å². The number of nitrogens with zero attached hydrogens (tertiary/aromatic N) is 2. The van der Waals surface area contributed by atoms with E-state index in [2.05, 4.69) is 27.9 Å². The summed E-state index contributed by atoms with van der Waals surface area (Å²) in [5.41, 5.74) is 2.63. The second-order valence-electron chi connectivity index (χ2n) is 6.10. The van der Waals surface area contributed by atoms with Crippen LogP contribution >= 0.6 is 22.6 Å². The second kappa shape index (κ2) is 6.99. The Bertz CT molecular complexity index is 1040. The summed E-state index contributed by atoms with van der Waals surface area (Å²) in [7, 11) is 0. The predicted molar refractivity (Wildman–Crippen MR) is 112 cm³/mol. The first kappa shape index (κ1) is 17.5. The number of anilines is 2. The Labute approximate surface area is 169 Å². The molecule has 27 heavy (non-hydrogen) atoms. The minimum Gasteiger partial charge on any atom is -0.360 e. The van der Waals surface area contributed by atoms with Gasteiger partial charge in [-0.3, -0.25) is 19.8 Å². The zero-order chi connectivity index (χ0) is 19.0. The average molecular weight is 471 g/mol.